The van der Waals surface area contributed by atoms with Gasteiger partial charge in [0.1, 0.15) is 6.61 Å². The number of nitro benzene ring substituents is 1. The highest BCUT2D eigenvalue weighted by Crippen LogP contribution is 2.45. The fraction of sp³-hybridized carbons (Fsp3) is 0.308. The van der Waals surface area contributed by atoms with Crippen molar-refractivity contribution in [2.24, 2.45) is 5.10 Å². The maximum Gasteiger partial charge on any atom is 0.462 e. The van der Waals surface area contributed by atoms with E-state index >= 15 is 0 Å². The van der Waals surface area contributed by atoms with Crippen LogP contribution in [0.25, 0.3) is 0 Å². The molecule has 27 heavy (non-hydrogen) atoms. The number of hydrazone groups is 1. The second-order valence-electron chi connectivity index (χ2n) is 4.72. The Morgan fingerprint density at radius 2 is 1.85 bits per heavy atom. The summed E-state index contributed by atoms with van der Waals surface area (Å²) >= 11 is 2.92. The Kier molecular flexibility index (Phi) is 6.80. The summed E-state index contributed by atoms with van der Waals surface area (Å²) in [6.07, 6.45) is -4.83. The first-order valence-electron chi connectivity index (χ1n) is 6.59. The van der Waals surface area contributed by atoms with Crippen LogP contribution in [0.15, 0.2) is 34.4 Å². The van der Waals surface area contributed by atoms with Crippen LogP contribution in [0.2, 0.25) is 0 Å². The molecule has 0 aromatic heterocycles. The van der Waals surface area contributed by atoms with Crippen LogP contribution in [0.3, 0.4) is 0 Å². The minimum atomic E-state index is -6.52. The van der Waals surface area contributed by atoms with Gasteiger partial charge in [0, 0.05) is 11.6 Å². The first kappa shape index (κ1) is 22.7. The van der Waals surface area contributed by atoms with Crippen LogP contribution in [0.1, 0.15) is 5.56 Å². The van der Waals surface area contributed by atoms with E-state index in [9.17, 15) is 40.8 Å². The van der Waals surface area contributed by atoms with E-state index in [1.54, 1.807) is 0 Å². The molecule has 0 unspecified atom stereocenters. The Balaban J connectivity index is 3.12. The average Bonchev–Trinajstić information content (AvgIpc) is 2.51. The molecule has 0 aliphatic rings. The summed E-state index contributed by atoms with van der Waals surface area (Å²) < 4.78 is 92.5. The molecule has 0 atom stereocenters. The molecule has 0 spiro atoms. The molecule has 0 amide bonds. The van der Waals surface area contributed by atoms with E-state index in [1.165, 1.54) is 6.08 Å². The first-order valence-corrected chi connectivity index (χ1v) is 7.38. The van der Waals surface area contributed by atoms with Gasteiger partial charge < -0.3 is 4.74 Å². The second kappa shape index (κ2) is 8.10. The fourth-order valence-corrected chi connectivity index (χ4v) is 2.11. The van der Waals surface area contributed by atoms with Crippen molar-refractivity contribution in [2.45, 2.75) is 18.1 Å². The Labute approximate surface area is 155 Å². The third kappa shape index (κ3) is 5.08. The predicted molar refractivity (Wildman–Crippen MR) is 83.2 cm³/mol. The van der Waals surface area contributed by atoms with Gasteiger partial charge in [0.15, 0.2) is 0 Å². The molecule has 0 fully saturated rings. The van der Waals surface area contributed by atoms with E-state index in [-0.39, 0.29) is 22.4 Å². The monoisotopic (exact) mass is 467 g/mol. The van der Waals surface area contributed by atoms with Gasteiger partial charge in [-0.25, -0.2) is 5.43 Å². The van der Waals surface area contributed by atoms with Gasteiger partial charge in [-0.15, -0.1) is 0 Å². The van der Waals surface area contributed by atoms with Crippen molar-refractivity contribution in [3.8, 4) is 5.75 Å². The summed E-state index contributed by atoms with van der Waals surface area (Å²) in [7, 11) is 0. The standard InChI is InChI=1S/C13H9BrF7N3O3/c1-2-3-27-10-8(14)4-7(5-9(10)24(25)26)6-22-23-13(20,21)11(15,16)12(17,18)19/h2,4-6,23H,1,3H2/b22-6-. The van der Waals surface area contributed by atoms with E-state index in [1.807, 2.05) is 0 Å². The zero-order valence-electron chi connectivity index (χ0n) is 12.9. The molecule has 1 aromatic carbocycles. The number of nitro groups is 1. The summed E-state index contributed by atoms with van der Waals surface area (Å²) in [5, 5.41) is 13.7. The van der Waals surface area contributed by atoms with Crippen molar-refractivity contribution in [1.29, 1.82) is 0 Å². The summed E-state index contributed by atoms with van der Waals surface area (Å²) in [6.45, 7) is 3.24. The lowest BCUT2D eigenvalue weighted by molar-refractivity contribution is -0.385. The van der Waals surface area contributed by atoms with E-state index in [0.29, 0.717) is 11.6 Å². The average molecular weight is 468 g/mol. The number of ether oxygens (including phenoxy) is 1. The Morgan fingerprint density at radius 1 is 1.26 bits per heavy atom. The molecule has 1 rings (SSSR count). The SMILES string of the molecule is C=CCOc1c(Br)cc(/C=N\NC(F)(F)C(F)(F)C(F)(F)F)cc1[N+](=O)[O-]. The number of rotatable bonds is 8. The molecule has 0 aliphatic heterocycles. The molecule has 0 radical (unpaired) electrons. The summed E-state index contributed by atoms with van der Waals surface area (Å²) in [5.41, 5.74) is -0.497. The molecule has 14 heteroatoms. The molecule has 0 bridgehead atoms. The van der Waals surface area contributed by atoms with Crippen molar-refractivity contribution in [3.63, 3.8) is 0 Å². The third-order valence-electron chi connectivity index (χ3n) is 2.76. The van der Waals surface area contributed by atoms with Crippen LogP contribution in [-0.4, -0.2) is 35.9 Å². The van der Waals surface area contributed by atoms with Crippen molar-refractivity contribution in [1.82, 2.24) is 5.43 Å². The number of hydrogen-bond acceptors (Lipinski definition) is 5. The van der Waals surface area contributed by atoms with Gasteiger partial charge in [-0.3, -0.25) is 10.1 Å². The van der Waals surface area contributed by atoms with Crippen molar-refractivity contribution in [3.05, 3.63) is 44.9 Å². The highest BCUT2D eigenvalue weighted by atomic mass is 79.9. The van der Waals surface area contributed by atoms with Crippen LogP contribution in [0, 0.1) is 10.1 Å². The lowest BCUT2D eigenvalue weighted by Gasteiger charge is -2.27. The van der Waals surface area contributed by atoms with Crippen LogP contribution in [0.4, 0.5) is 36.4 Å². The largest absolute Gasteiger partial charge is 0.482 e. The Bertz CT molecular complexity index is 753. The van der Waals surface area contributed by atoms with Crippen LogP contribution < -0.4 is 10.2 Å². The highest BCUT2D eigenvalue weighted by Gasteiger charge is 2.73. The number of halogens is 8. The third-order valence-corrected chi connectivity index (χ3v) is 3.35. The molecule has 0 aliphatic carbocycles. The number of nitrogens with zero attached hydrogens (tertiary/aromatic N) is 2. The highest BCUT2D eigenvalue weighted by molar-refractivity contribution is 9.10. The van der Waals surface area contributed by atoms with Crippen LogP contribution in [0.5, 0.6) is 5.75 Å². The quantitative estimate of drug-likeness (QED) is 0.151. The number of nitrogens with one attached hydrogen (secondary N) is 1. The van der Waals surface area contributed by atoms with Crippen molar-refractivity contribution in [2.75, 3.05) is 6.61 Å². The van der Waals surface area contributed by atoms with Gasteiger partial charge in [0.2, 0.25) is 5.75 Å². The zero-order valence-corrected chi connectivity index (χ0v) is 14.5. The van der Waals surface area contributed by atoms with E-state index in [4.69, 9.17) is 4.74 Å². The molecule has 6 nitrogen and oxygen atoms in total. The lowest BCUT2D eigenvalue weighted by Crippen LogP contribution is -2.58. The molecule has 0 saturated carbocycles. The van der Waals surface area contributed by atoms with Crippen LogP contribution >= 0.6 is 15.9 Å². The van der Waals surface area contributed by atoms with Crippen molar-refractivity contribution >= 4 is 27.8 Å². The Hall–Kier alpha value is -2.38. The zero-order chi connectivity index (χ0) is 21.0. The van der Waals surface area contributed by atoms with Gasteiger partial charge in [0.25, 0.3) is 0 Å². The molecule has 150 valence electrons. The van der Waals surface area contributed by atoms with E-state index in [0.717, 1.165) is 12.1 Å². The first-order chi connectivity index (χ1) is 12.2. The lowest BCUT2D eigenvalue weighted by atomic mass is 10.2. The molecular formula is C13H9BrF7N3O3. The molecule has 0 saturated heterocycles. The maximum absolute atomic E-state index is 13.0. The van der Waals surface area contributed by atoms with Gasteiger partial charge >= 0.3 is 23.8 Å². The maximum atomic E-state index is 13.0. The summed E-state index contributed by atoms with van der Waals surface area (Å²) in [4.78, 5) is 10.2. The van der Waals surface area contributed by atoms with Gasteiger partial charge in [-0.2, -0.15) is 35.8 Å². The van der Waals surface area contributed by atoms with E-state index in [2.05, 4.69) is 27.6 Å². The summed E-state index contributed by atoms with van der Waals surface area (Å²) in [6, 6.07) is -3.89. The van der Waals surface area contributed by atoms with E-state index < -0.39 is 28.8 Å². The van der Waals surface area contributed by atoms with Crippen LogP contribution in [-0.2, 0) is 0 Å². The summed E-state index contributed by atoms with van der Waals surface area (Å²) in [5.74, 6) is -6.63. The normalized spacial score (nSPS) is 12.9. The minimum absolute atomic E-state index is 0.0209. The van der Waals surface area contributed by atoms with Gasteiger partial charge in [-0.05, 0) is 22.0 Å². The molecule has 1 N–H and O–H groups in total. The van der Waals surface area contributed by atoms with Gasteiger partial charge in [-0.1, -0.05) is 12.7 Å². The number of hydrogen-bond donors (Lipinski definition) is 1. The second-order valence-corrected chi connectivity index (χ2v) is 5.58. The minimum Gasteiger partial charge on any atom is -0.482 e. The van der Waals surface area contributed by atoms with Crippen molar-refractivity contribution < 1.29 is 40.4 Å². The molecule has 1 aromatic rings. The number of benzene rings is 1. The smallest absolute Gasteiger partial charge is 0.462 e. The number of alkyl halides is 7. The Morgan fingerprint density at radius 3 is 2.33 bits per heavy atom. The molecular weight excluding hydrogens is 459 g/mol. The predicted octanol–water partition coefficient (Wildman–Crippen LogP) is 4.64. The van der Waals surface area contributed by atoms with Gasteiger partial charge in [0.05, 0.1) is 15.6 Å². The topological polar surface area (TPSA) is 76.8 Å². The fourth-order valence-electron chi connectivity index (χ4n) is 1.53. The molecule has 0 heterocycles.